The number of nitrogens with one attached hydrogen (secondary N) is 1. The van der Waals surface area contributed by atoms with Crippen molar-refractivity contribution in [2.24, 2.45) is 0 Å². The number of rotatable bonds is 2. The molecule has 0 aliphatic carbocycles. The van der Waals surface area contributed by atoms with Crippen molar-refractivity contribution in [3.63, 3.8) is 0 Å². The first-order valence-electron chi connectivity index (χ1n) is 5.07. The minimum absolute atomic E-state index is 0.236. The van der Waals surface area contributed by atoms with Crippen LogP contribution in [0, 0.1) is 11.6 Å². The number of halogens is 2. The van der Waals surface area contributed by atoms with Gasteiger partial charge in [-0.3, -0.25) is 0 Å². The van der Waals surface area contributed by atoms with E-state index < -0.39 is 17.6 Å². The first kappa shape index (κ1) is 11.0. The third-order valence-corrected chi connectivity index (χ3v) is 2.45. The monoisotopic (exact) mass is 227 g/mol. The van der Waals surface area contributed by atoms with Gasteiger partial charge in [-0.25, -0.2) is 13.6 Å². The van der Waals surface area contributed by atoms with Gasteiger partial charge in [0.05, 0.1) is 0 Å². The van der Waals surface area contributed by atoms with E-state index in [4.69, 9.17) is 4.74 Å². The molecule has 1 aromatic rings. The Hall–Kier alpha value is -1.49. The molecule has 16 heavy (non-hydrogen) atoms. The molecule has 3 nitrogen and oxygen atoms in total. The van der Waals surface area contributed by atoms with Crippen LogP contribution in [0.2, 0.25) is 0 Å². The van der Waals surface area contributed by atoms with Crippen molar-refractivity contribution in [1.29, 1.82) is 0 Å². The molecule has 1 saturated heterocycles. The molecule has 1 aliphatic rings. The van der Waals surface area contributed by atoms with Gasteiger partial charge in [0.25, 0.3) is 0 Å². The minimum Gasteiger partial charge on any atom is -0.422 e. The maximum Gasteiger partial charge on any atom is 0.328 e. The third-order valence-electron chi connectivity index (χ3n) is 2.45. The summed E-state index contributed by atoms with van der Waals surface area (Å²) in [6, 6.07) is 2.46. The highest BCUT2D eigenvalue weighted by atomic mass is 19.1. The molecule has 1 atom stereocenters. The highest BCUT2D eigenvalue weighted by Crippen LogP contribution is 2.19. The fraction of sp³-hybridized carbons (Fsp3) is 0.364. The summed E-state index contributed by atoms with van der Waals surface area (Å²) < 4.78 is 30.6. The smallest absolute Gasteiger partial charge is 0.328 e. The minimum atomic E-state index is -0.869. The van der Waals surface area contributed by atoms with Crippen molar-refractivity contribution >= 4 is 5.97 Å². The molecule has 5 heteroatoms. The van der Waals surface area contributed by atoms with Crippen LogP contribution in [0.25, 0.3) is 0 Å². The lowest BCUT2D eigenvalue weighted by atomic mass is 10.2. The molecule has 1 heterocycles. The Morgan fingerprint density at radius 3 is 2.88 bits per heavy atom. The molecule has 0 saturated carbocycles. The van der Waals surface area contributed by atoms with Gasteiger partial charge in [-0.1, -0.05) is 0 Å². The van der Waals surface area contributed by atoms with E-state index in [0.717, 1.165) is 25.1 Å². The van der Waals surface area contributed by atoms with Gasteiger partial charge in [0.1, 0.15) is 11.9 Å². The van der Waals surface area contributed by atoms with Gasteiger partial charge in [0, 0.05) is 6.07 Å². The summed E-state index contributed by atoms with van der Waals surface area (Å²) in [6.45, 7) is 0.756. The summed E-state index contributed by atoms with van der Waals surface area (Å²) in [7, 11) is 0. The van der Waals surface area contributed by atoms with Crippen LogP contribution >= 0.6 is 0 Å². The molecule has 1 N–H and O–H groups in total. The maximum absolute atomic E-state index is 13.2. The Kier molecular flexibility index (Phi) is 3.14. The lowest BCUT2D eigenvalue weighted by Crippen LogP contribution is -2.34. The number of hydrogen-bond donors (Lipinski definition) is 1. The van der Waals surface area contributed by atoms with Crippen LogP contribution in [0.4, 0.5) is 8.78 Å². The van der Waals surface area contributed by atoms with Gasteiger partial charge in [0.2, 0.25) is 0 Å². The fourth-order valence-electron chi connectivity index (χ4n) is 1.62. The molecule has 0 radical (unpaired) electrons. The predicted molar refractivity (Wildman–Crippen MR) is 53.0 cm³/mol. The van der Waals surface area contributed by atoms with E-state index in [2.05, 4.69) is 5.32 Å². The van der Waals surface area contributed by atoms with Gasteiger partial charge in [-0.15, -0.1) is 0 Å². The second-order valence-electron chi connectivity index (χ2n) is 3.64. The van der Waals surface area contributed by atoms with Crippen molar-refractivity contribution in [3.05, 3.63) is 29.8 Å². The summed E-state index contributed by atoms with van der Waals surface area (Å²) in [5.74, 6) is -2.33. The van der Waals surface area contributed by atoms with E-state index in [0.29, 0.717) is 12.5 Å². The average Bonchev–Trinajstić information content (AvgIpc) is 2.75. The first-order chi connectivity index (χ1) is 7.66. The summed E-state index contributed by atoms with van der Waals surface area (Å²) in [5.41, 5.74) is 0. The molecule has 0 amide bonds. The van der Waals surface area contributed by atoms with E-state index in [9.17, 15) is 13.6 Å². The fourth-order valence-corrected chi connectivity index (χ4v) is 1.62. The predicted octanol–water partition coefficient (Wildman–Crippen LogP) is 1.62. The number of benzene rings is 1. The van der Waals surface area contributed by atoms with Crippen LogP contribution in [0.5, 0.6) is 5.75 Å². The van der Waals surface area contributed by atoms with Gasteiger partial charge in [0.15, 0.2) is 11.6 Å². The van der Waals surface area contributed by atoms with E-state index >= 15 is 0 Å². The lowest BCUT2D eigenvalue weighted by Gasteiger charge is -2.10. The average molecular weight is 227 g/mol. The van der Waals surface area contributed by atoms with Gasteiger partial charge >= 0.3 is 5.97 Å². The molecule has 0 bridgehead atoms. The van der Waals surface area contributed by atoms with Crippen molar-refractivity contribution < 1.29 is 18.3 Å². The molecule has 0 spiro atoms. The molecule has 1 unspecified atom stereocenters. The lowest BCUT2D eigenvalue weighted by molar-refractivity contribution is -0.136. The molecule has 1 aliphatic heterocycles. The van der Waals surface area contributed by atoms with Crippen LogP contribution in [-0.4, -0.2) is 18.6 Å². The Labute approximate surface area is 91.4 Å². The van der Waals surface area contributed by atoms with Crippen LogP contribution in [-0.2, 0) is 4.79 Å². The van der Waals surface area contributed by atoms with Crippen LogP contribution < -0.4 is 10.1 Å². The number of carbonyl (C=O) groups excluding carboxylic acids is 1. The summed E-state index contributed by atoms with van der Waals surface area (Å²) in [4.78, 5) is 11.5. The molecular formula is C11H11F2NO2. The third kappa shape index (κ3) is 2.36. The standard InChI is InChI=1S/C11H11F2NO2/c12-7-3-4-10(8(13)6-7)16-11(15)9-2-1-5-14-9/h3-4,6,9,14H,1-2,5H2. The van der Waals surface area contributed by atoms with E-state index in [-0.39, 0.29) is 11.8 Å². The number of ether oxygens (including phenoxy) is 1. The summed E-state index contributed by atoms with van der Waals surface area (Å²) >= 11 is 0. The largest absolute Gasteiger partial charge is 0.422 e. The van der Waals surface area contributed by atoms with Crippen molar-refractivity contribution in [3.8, 4) is 5.75 Å². The number of esters is 1. The zero-order valence-electron chi connectivity index (χ0n) is 8.50. The van der Waals surface area contributed by atoms with E-state index in [1.807, 2.05) is 0 Å². The highest BCUT2D eigenvalue weighted by Gasteiger charge is 2.24. The molecule has 86 valence electrons. The molecule has 1 aromatic carbocycles. The van der Waals surface area contributed by atoms with Crippen LogP contribution in [0.3, 0.4) is 0 Å². The molecular weight excluding hydrogens is 216 g/mol. The Morgan fingerprint density at radius 1 is 1.44 bits per heavy atom. The van der Waals surface area contributed by atoms with Gasteiger partial charge < -0.3 is 10.1 Å². The Morgan fingerprint density at radius 2 is 2.25 bits per heavy atom. The quantitative estimate of drug-likeness (QED) is 0.616. The van der Waals surface area contributed by atoms with Crippen molar-refractivity contribution in [1.82, 2.24) is 5.32 Å². The highest BCUT2D eigenvalue weighted by molar-refractivity contribution is 5.78. The van der Waals surface area contributed by atoms with Gasteiger partial charge in [-0.2, -0.15) is 0 Å². The molecule has 1 fully saturated rings. The number of carbonyl (C=O) groups is 1. The molecule has 2 rings (SSSR count). The van der Waals surface area contributed by atoms with E-state index in [1.54, 1.807) is 0 Å². The summed E-state index contributed by atoms with van der Waals surface area (Å²) in [5, 5.41) is 2.94. The zero-order valence-corrected chi connectivity index (χ0v) is 8.50. The normalized spacial score (nSPS) is 19.8. The Bertz CT molecular complexity index is 403. The first-order valence-corrected chi connectivity index (χ1v) is 5.07. The molecule has 0 aromatic heterocycles. The SMILES string of the molecule is O=C(Oc1ccc(F)cc1F)C1CCCN1. The van der Waals surface area contributed by atoms with E-state index in [1.165, 1.54) is 0 Å². The van der Waals surface area contributed by atoms with Crippen LogP contribution in [0.15, 0.2) is 18.2 Å². The number of hydrogen-bond acceptors (Lipinski definition) is 3. The maximum atomic E-state index is 13.2. The zero-order chi connectivity index (χ0) is 11.5. The van der Waals surface area contributed by atoms with Crippen LogP contribution in [0.1, 0.15) is 12.8 Å². The van der Waals surface area contributed by atoms with Crippen molar-refractivity contribution in [2.45, 2.75) is 18.9 Å². The second-order valence-corrected chi connectivity index (χ2v) is 3.64. The Balaban J connectivity index is 2.05. The van der Waals surface area contributed by atoms with Gasteiger partial charge in [-0.05, 0) is 31.5 Å². The van der Waals surface area contributed by atoms with Crippen molar-refractivity contribution in [2.75, 3.05) is 6.54 Å². The topological polar surface area (TPSA) is 38.3 Å². The summed E-state index contributed by atoms with van der Waals surface area (Å²) in [6.07, 6.45) is 1.58. The second kappa shape index (κ2) is 4.57.